The zero-order chi connectivity index (χ0) is 10.2. The minimum Gasteiger partial charge on any atom is -0.452 e. The van der Waals surface area contributed by atoms with Gasteiger partial charge in [0.25, 0.3) is 0 Å². The number of aryl methyl sites for hydroxylation is 1. The molecule has 0 unspecified atom stereocenters. The molecule has 2 aromatic rings. The lowest BCUT2D eigenvalue weighted by molar-refractivity contribution is 0.558. The molecule has 0 aliphatic carbocycles. The Bertz CT molecular complexity index is 329. The van der Waals surface area contributed by atoms with E-state index in [-0.39, 0.29) is 0 Å². The molecule has 0 fully saturated rings. The Morgan fingerprint density at radius 1 is 1.36 bits per heavy atom. The highest BCUT2D eigenvalue weighted by Crippen LogP contribution is 2.14. The van der Waals surface area contributed by atoms with E-state index < -0.39 is 0 Å². The van der Waals surface area contributed by atoms with Crippen molar-refractivity contribution in [1.29, 1.82) is 0 Å². The summed E-state index contributed by atoms with van der Waals surface area (Å²) >= 11 is 5.82. The van der Waals surface area contributed by atoms with E-state index in [1.54, 1.807) is 6.20 Å². The first-order chi connectivity index (χ1) is 6.84. The van der Waals surface area contributed by atoms with Crippen LogP contribution in [-0.4, -0.2) is 4.98 Å². The van der Waals surface area contributed by atoms with E-state index >= 15 is 0 Å². The normalized spacial score (nSPS) is 9.00. The fraction of sp³-hybridized carbons (Fsp3) is 0.182. The van der Waals surface area contributed by atoms with Gasteiger partial charge in [-0.15, -0.1) is 0 Å². The molecule has 0 spiro atoms. The van der Waals surface area contributed by atoms with Crippen LogP contribution in [0.15, 0.2) is 47.5 Å². The standard InChI is InChI=1S/C8H9Cl.C3H3NO/c1-2-7-5-3-4-6-8(7)9;1-2-5-3-4-1/h3-6H,2H2,1H3;1-3H. The molecule has 0 radical (unpaired) electrons. The van der Waals surface area contributed by atoms with Gasteiger partial charge in [0.15, 0.2) is 6.39 Å². The number of oxazole rings is 1. The Hall–Kier alpha value is -1.28. The number of hydrogen-bond donors (Lipinski definition) is 0. The van der Waals surface area contributed by atoms with E-state index in [1.165, 1.54) is 18.2 Å². The lowest BCUT2D eigenvalue weighted by Gasteiger charge is -1.96. The highest BCUT2D eigenvalue weighted by Gasteiger charge is 1.91. The third-order valence-corrected chi connectivity index (χ3v) is 2.05. The molecule has 0 amide bonds. The molecule has 2 rings (SSSR count). The van der Waals surface area contributed by atoms with Gasteiger partial charge in [-0.3, -0.25) is 0 Å². The van der Waals surface area contributed by atoms with Crippen molar-refractivity contribution in [3.8, 4) is 0 Å². The zero-order valence-electron chi connectivity index (χ0n) is 7.98. The molecular formula is C11H12ClNO. The molecule has 3 heteroatoms. The maximum Gasteiger partial charge on any atom is 0.180 e. The van der Waals surface area contributed by atoms with Crippen LogP contribution in [0.2, 0.25) is 5.02 Å². The first-order valence-electron chi connectivity index (χ1n) is 4.40. The topological polar surface area (TPSA) is 26.0 Å². The van der Waals surface area contributed by atoms with Crippen LogP contribution in [-0.2, 0) is 6.42 Å². The second-order valence-electron chi connectivity index (χ2n) is 2.62. The molecule has 1 aromatic carbocycles. The van der Waals surface area contributed by atoms with E-state index in [1.807, 2.05) is 24.3 Å². The first kappa shape index (κ1) is 10.8. The van der Waals surface area contributed by atoms with Crippen molar-refractivity contribution in [3.05, 3.63) is 53.7 Å². The fourth-order valence-corrected chi connectivity index (χ4v) is 1.23. The molecular weight excluding hydrogens is 198 g/mol. The fourth-order valence-electron chi connectivity index (χ4n) is 0.961. The SMILES string of the molecule is CCc1ccccc1Cl.c1cocn1. The van der Waals surface area contributed by atoms with Gasteiger partial charge in [-0.1, -0.05) is 36.7 Å². The average Bonchev–Trinajstić information content (AvgIpc) is 2.76. The second-order valence-corrected chi connectivity index (χ2v) is 3.03. The van der Waals surface area contributed by atoms with E-state index in [9.17, 15) is 0 Å². The van der Waals surface area contributed by atoms with Crippen LogP contribution in [0, 0.1) is 0 Å². The van der Waals surface area contributed by atoms with Crippen LogP contribution in [0.3, 0.4) is 0 Å². The van der Waals surface area contributed by atoms with E-state index in [0.29, 0.717) is 0 Å². The van der Waals surface area contributed by atoms with Gasteiger partial charge < -0.3 is 4.42 Å². The number of halogens is 1. The highest BCUT2D eigenvalue weighted by molar-refractivity contribution is 6.31. The summed E-state index contributed by atoms with van der Waals surface area (Å²) in [6.07, 6.45) is 5.49. The molecule has 2 nitrogen and oxygen atoms in total. The Labute approximate surface area is 88.5 Å². The maximum absolute atomic E-state index is 5.82. The number of aromatic nitrogens is 1. The zero-order valence-corrected chi connectivity index (χ0v) is 8.74. The van der Waals surface area contributed by atoms with E-state index in [4.69, 9.17) is 11.6 Å². The molecule has 0 saturated carbocycles. The molecule has 0 atom stereocenters. The van der Waals surface area contributed by atoms with Gasteiger partial charge in [-0.05, 0) is 18.1 Å². The number of nitrogens with zero attached hydrogens (tertiary/aromatic N) is 1. The van der Waals surface area contributed by atoms with Crippen LogP contribution in [0.25, 0.3) is 0 Å². The van der Waals surface area contributed by atoms with Gasteiger partial charge in [0.1, 0.15) is 6.26 Å². The van der Waals surface area contributed by atoms with Crippen molar-refractivity contribution in [3.63, 3.8) is 0 Å². The monoisotopic (exact) mass is 209 g/mol. The Morgan fingerprint density at radius 3 is 2.50 bits per heavy atom. The Kier molecular flexibility index (Phi) is 4.79. The van der Waals surface area contributed by atoms with Gasteiger partial charge >= 0.3 is 0 Å². The van der Waals surface area contributed by atoms with Gasteiger partial charge in [-0.2, -0.15) is 0 Å². The summed E-state index contributed by atoms with van der Waals surface area (Å²) in [5.74, 6) is 0. The summed E-state index contributed by atoms with van der Waals surface area (Å²) in [7, 11) is 0. The summed E-state index contributed by atoms with van der Waals surface area (Å²) in [6.45, 7) is 2.10. The van der Waals surface area contributed by atoms with Gasteiger partial charge in [0, 0.05) is 5.02 Å². The molecule has 1 heterocycles. The molecule has 14 heavy (non-hydrogen) atoms. The third kappa shape index (κ3) is 3.62. The van der Waals surface area contributed by atoms with Crippen molar-refractivity contribution in [1.82, 2.24) is 4.98 Å². The molecule has 0 aliphatic heterocycles. The van der Waals surface area contributed by atoms with Crippen LogP contribution in [0.5, 0.6) is 0 Å². The van der Waals surface area contributed by atoms with Crippen LogP contribution in [0.1, 0.15) is 12.5 Å². The van der Waals surface area contributed by atoms with Crippen molar-refractivity contribution < 1.29 is 4.42 Å². The largest absolute Gasteiger partial charge is 0.452 e. The minimum atomic E-state index is 0.875. The number of hydrogen-bond acceptors (Lipinski definition) is 2. The minimum absolute atomic E-state index is 0.875. The van der Waals surface area contributed by atoms with Crippen LogP contribution in [0.4, 0.5) is 0 Å². The van der Waals surface area contributed by atoms with E-state index in [0.717, 1.165) is 11.4 Å². The molecule has 74 valence electrons. The van der Waals surface area contributed by atoms with Gasteiger partial charge in [0.05, 0.1) is 6.20 Å². The summed E-state index contributed by atoms with van der Waals surface area (Å²) in [6, 6.07) is 7.91. The molecule has 0 N–H and O–H groups in total. The van der Waals surface area contributed by atoms with Crippen LogP contribution < -0.4 is 0 Å². The highest BCUT2D eigenvalue weighted by atomic mass is 35.5. The Morgan fingerprint density at radius 2 is 2.14 bits per heavy atom. The van der Waals surface area contributed by atoms with Crippen molar-refractivity contribution >= 4 is 11.6 Å². The molecule has 1 aromatic heterocycles. The average molecular weight is 210 g/mol. The predicted octanol–water partition coefficient (Wildman–Crippen LogP) is 3.58. The first-order valence-corrected chi connectivity index (χ1v) is 4.78. The summed E-state index contributed by atoms with van der Waals surface area (Å²) in [5.41, 5.74) is 1.22. The Balaban J connectivity index is 0.000000165. The number of rotatable bonds is 1. The van der Waals surface area contributed by atoms with Crippen LogP contribution >= 0.6 is 11.6 Å². The maximum atomic E-state index is 5.82. The molecule has 0 bridgehead atoms. The van der Waals surface area contributed by atoms with Crippen molar-refractivity contribution in [2.75, 3.05) is 0 Å². The van der Waals surface area contributed by atoms with Crippen molar-refractivity contribution in [2.24, 2.45) is 0 Å². The third-order valence-electron chi connectivity index (χ3n) is 1.69. The van der Waals surface area contributed by atoms with Gasteiger partial charge in [0.2, 0.25) is 0 Å². The summed E-state index contributed by atoms with van der Waals surface area (Å²) in [5, 5.41) is 0.875. The number of benzene rings is 1. The molecule has 0 saturated heterocycles. The lowest BCUT2D eigenvalue weighted by atomic mass is 10.2. The summed E-state index contributed by atoms with van der Waals surface area (Å²) in [4.78, 5) is 3.56. The van der Waals surface area contributed by atoms with Gasteiger partial charge in [-0.25, -0.2) is 4.98 Å². The smallest absolute Gasteiger partial charge is 0.180 e. The van der Waals surface area contributed by atoms with E-state index in [2.05, 4.69) is 16.3 Å². The van der Waals surface area contributed by atoms with Crippen molar-refractivity contribution in [2.45, 2.75) is 13.3 Å². The quantitative estimate of drug-likeness (QED) is 0.718. The molecule has 0 aliphatic rings. The second kappa shape index (κ2) is 6.22. The lowest BCUT2D eigenvalue weighted by Crippen LogP contribution is -1.78. The summed E-state index contributed by atoms with van der Waals surface area (Å²) < 4.78 is 4.47. The predicted molar refractivity (Wildman–Crippen MR) is 57.3 cm³/mol.